The molecule has 2 heterocycles. The van der Waals surface area contributed by atoms with Gasteiger partial charge >= 0.3 is 11.9 Å². The molecular formula is C27H26N6O6S3. The van der Waals surface area contributed by atoms with Crippen LogP contribution in [0.3, 0.4) is 0 Å². The Balaban J connectivity index is 1.24. The molecule has 0 radical (unpaired) electrons. The molecule has 2 aromatic heterocycles. The number of hydrogen-bond donors (Lipinski definition) is 2. The Hall–Kier alpha value is -4.21. The lowest BCUT2D eigenvalue weighted by Gasteiger charge is -2.15. The first-order valence-corrected chi connectivity index (χ1v) is 15.4. The average Bonchev–Trinajstić information content (AvgIpc) is 3.62. The number of aryl methyl sites for hydroxylation is 1. The molecule has 4 rings (SSSR count). The highest BCUT2D eigenvalue weighted by Crippen LogP contribution is 2.26. The topological polar surface area (TPSA) is 162 Å². The van der Waals surface area contributed by atoms with Crippen molar-refractivity contribution in [2.24, 2.45) is 0 Å². The molecule has 4 aromatic rings. The van der Waals surface area contributed by atoms with Crippen LogP contribution in [-0.4, -0.2) is 49.9 Å². The van der Waals surface area contributed by atoms with Crippen molar-refractivity contribution in [3.63, 3.8) is 0 Å². The van der Waals surface area contributed by atoms with Gasteiger partial charge in [0.1, 0.15) is 10.0 Å². The largest absolute Gasteiger partial charge is 0.447 e. The van der Waals surface area contributed by atoms with Gasteiger partial charge in [0.25, 0.3) is 11.8 Å². The van der Waals surface area contributed by atoms with Crippen molar-refractivity contribution in [1.29, 1.82) is 0 Å². The summed E-state index contributed by atoms with van der Waals surface area (Å²) in [6, 6.07) is 17.4. The van der Waals surface area contributed by atoms with Crippen LogP contribution in [0.4, 0.5) is 10.3 Å². The van der Waals surface area contributed by atoms with E-state index in [4.69, 9.17) is 9.47 Å². The Bertz CT molecular complexity index is 1400. The Morgan fingerprint density at radius 3 is 1.64 bits per heavy atom. The van der Waals surface area contributed by atoms with E-state index >= 15 is 0 Å². The van der Waals surface area contributed by atoms with Crippen LogP contribution >= 0.6 is 34.4 Å². The maximum Gasteiger partial charge on any atom is 0.303 e. The predicted octanol–water partition coefficient (Wildman–Crippen LogP) is 4.35. The van der Waals surface area contributed by atoms with Crippen LogP contribution in [0, 0.1) is 0 Å². The van der Waals surface area contributed by atoms with Gasteiger partial charge in [0, 0.05) is 42.9 Å². The number of esters is 2. The summed E-state index contributed by atoms with van der Waals surface area (Å²) in [5.74, 6) is -0.923. The second-order valence-corrected chi connectivity index (χ2v) is 11.8. The first kappa shape index (κ1) is 30.7. The molecule has 0 fully saturated rings. The molecule has 0 unspecified atom stereocenters. The fourth-order valence-electron chi connectivity index (χ4n) is 3.56. The number of benzene rings is 2. The Morgan fingerprint density at radius 2 is 1.17 bits per heavy atom. The molecule has 2 aromatic carbocycles. The SMILES string of the molecule is CC(=O)O[C@@H](C(=O)Nc1nnc(CCSCc2nnc(NC(=O)[C@H](OC(C)=O)c3ccccc3)s2)s1)c1ccccc1. The number of nitrogens with one attached hydrogen (secondary N) is 2. The third kappa shape index (κ3) is 9.15. The lowest BCUT2D eigenvalue weighted by atomic mass is 10.1. The lowest BCUT2D eigenvalue weighted by molar-refractivity contribution is -0.152. The van der Waals surface area contributed by atoms with Crippen molar-refractivity contribution in [2.75, 3.05) is 16.4 Å². The van der Waals surface area contributed by atoms with E-state index in [-0.39, 0.29) is 0 Å². The third-order valence-electron chi connectivity index (χ3n) is 5.33. The number of carbonyl (C=O) groups is 4. The molecule has 15 heteroatoms. The van der Waals surface area contributed by atoms with Gasteiger partial charge < -0.3 is 9.47 Å². The molecular weight excluding hydrogens is 601 g/mol. The zero-order valence-electron chi connectivity index (χ0n) is 22.5. The van der Waals surface area contributed by atoms with Crippen LogP contribution in [-0.2, 0) is 40.8 Å². The number of thioether (sulfide) groups is 1. The zero-order chi connectivity index (χ0) is 29.9. The highest BCUT2D eigenvalue weighted by molar-refractivity contribution is 7.98. The van der Waals surface area contributed by atoms with Crippen molar-refractivity contribution < 1.29 is 28.7 Å². The Morgan fingerprint density at radius 1 is 0.714 bits per heavy atom. The molecule has 0 aliphatic rings. The summed E-state index contributed by atoms with van der Waals surface area (Å²) in [7, 11) is 0. The van der Waals surface area contributed by atoms with Crippen LogP contribution in [0.1, 0.15) is 47.2 Å². The maximum absolute atomic E-state index is 12.8. The second-order valence-electron chi connectivity index (χ2n) is 8.58. The molecule has 0 bridgehead atoms. The highest BCUT2D eigenvalue weighted by Gasteiger charge is 2.26. The minimum Gasteiger partial charge on any atom is -0.447 e. The first-order valence-electron chi connectivity index (χ1n) is 12.6. The summed E-state index contributed by atoms with van der Waals surface area (Å²) in [5, 5.41) is 23.7. The minimum atomic E-state index is -1.10. The van der Waals surface area contributed by atoms with Gasteiger partial charge in [0.2, 0.25) is 22.5 Å². The van der Waals surface area contributed by atoms with Crippen LogP contribution in [0.5, 0.6) is 0 Å². The molecule has 0 spiro atoms. The molecule has 0 aliphatic carbocycles. The van der Waals surface area contributed by atoms with Crippen LogP contribution in [0.15, 0.2) is 60.7 Å². The van der Waals surface area contributed by atoms with E-state index in [1.165, 1.54) is 36.5 Å². The van der Waals surface area contributed by atoms with Gasteiger partial charge in [-0.1, -0.05) is 83.3 Å². The van der Waals surface area contributed by atoms with E-state index in [9.17, 15) is 19.2 Å². The normalized spacial score (nSPS) is 12.1. The Kier molecular flexibility index (Phi) is 11.1. The van der Waals surface area contributed by atoms with Crippen LogP contribution in [0.25, 0.3) is 0 Å². The van der Waals surface area contributed by atoms with Gasteiger partial charge in [-0.2, -0.15) is 11.8 Å². The molecule has 0 aliphatic heterocycles. The number of amides is 2. The smallest absolute Gasteiger partial charge is 0.303 e. The molecule has 12 nitrogen and oxygen atoms in total. The average molecular weight is 627 g/mol. The molecule has 42 heavy (non-hydrogen) atoms. The molecule has 2 N–H and O–H groups in total. The molecule has 218 valence electrons. The number of ether oxygens (including phenoxy) is 2. The Labute approximate surface area is 253 Å². The monoisotopic (exact) mass is 626 g/mol. The number of anilines is 2. The predicted molar refractivity (Wildman–Crippen MR) is 159 cm³/mol. The molecule has 2 amide bonds. The van der Waals surface area contributed by atoms with E-state index in [2.05, 4.69) is 31.0 Å². The molecule has 0 saturated carbocycles. The first-order chi connectivity index (χ1) is 20.3. The standard InChI is InChI=1S/C27H26N6O6S3/c1-16(34)38-22(18-9-5-3-6-10-18)24(36)28-26-32-30-20(41-26)13-14-40-15-21-31-33-27(42-21)29-25(37)23(39-17(2)35)19-11-7-4-8-12-19/h3-12,22-23H,13-15H2,1-2H3,(H,28,32,36)(H,29,33,37)/t22-,23-/m1/s1. The van der Waals surface area contributed by atoms with Gasteiger partial charge in [-0.05, 0) is 0 Å². The zero-order valence-corrected chi connectivity index (χ0v) is 25.0. The van der Waals surface area contributed by atoms with Gasteiger partial charge in [0.05, 0.1) is 0 Å². The summed E-state index contributed by atoms with van der Waals surface area (Å²) in [6.45, 7) is 2.49. The second kappa shape index (κ2) is 15.1. The number of aromatic nitrogens is 4. The summed E-state index contributed by atoms with van der Waals surface area (Å²) < 4.78 is 10.4. The number of hydrogen-bond acceptors (Lipinski definition) is 13. The minimum absolute atomic E-state index is 0.302. The van der Waals surface area contributed by atoms with Crippen molar-refractivity contribution in [3.8, 4) is 0 Å². The van der Waals surface area contributed by atoms with E-state index in [0.717, 1.165) is 5.01 Å². The van der Waals surface area contributed by atoms with Crippen LogP contribution in [0.2, 0.25) is 0 Å². The van der Waals surface area contributed by atoms with Gasteiger partial charge in [-0.3, -0.25) is 29.8 Å². The summed E-state index contributed by atoms with van der Waals surface area (Å²) in [6.07, 6.45) is -1.59. The summed E-state index contributed by atoms with van der Waals surface area (Å²) >= 11 is 4.07. The summed E-state index contributed by atoms with van der Waals surface area (Å²) in [4.78, 5) is 48.6. The van der Waals surface area contributed by atoms with Crippen molar-refractivity contribution >= 4 is 68.5 Å². The van der Waals surface area contributed by atoms with E-state index < -0.39 is 36.0 Å². The van der Waals surface area contributed by atoms with Crippen molar-refractivity contribution in [2.45, 2.75) is 38.2 Å². The molecule has 2 atom stereocenters. The van der Waals surface area contributed by atoms with E-state index in [1.807, 2.05) is 0 Å². The lowest BCUT2D eigenvalue weighted by Crippen LogP contribution is -2.25. The van der Waals surface area contributed by atoms with Gasteiger partial charge in [-0.15, -0.1) is 20.4 Å². The fraction of sp³-hybridized carbons (Fsp3) is 0.259. The van der Waals surface area contributed by atoms with Gasteiger partial charge in [-0.25, -0.2) is 0 Å². The number of rotatable bonds is 13. The van der Waals surface area contributed by atoms with Crippen molar-refractivity contribution in [1.82, 2.24) is 20.4 Å². The van der Waals surface area contributed by atoms with Crippen LogP contribution < -0.4 is 10.6 Å². The highest BCUT2D eigenvalue weighted by atomic mass is 32.2. The van der Waals surface area contributed by atoms with E-state index in [1.54, 1.807) is 72.4 Å². The van der Waals surface area contributed by atoms with Gasteiger partial charge in [0.15, 0.2) is 0 Å². The fourth-order valence-corrected chi connectivity index (χ4v) is 6.17. The third-order valence-corrected chi connectivity index (χ3v) is 8.22. The number of nitrogens with zero attached hydrogens (tertiary/aromatic N) is 4. The summed E-state index contributed by atoms with van der Waals surface area (Å²) in [5.41, 5.74) is 1.09. The maximum atomic E-state index is 12.8. The van der Waals surface area contributed by atoms with E-state index in [0.29, 0.717) is 44.3 Å². The molecule has 0 saturated heterocycles. The van der Waals surface area contributed by atoms with Crippen molar-refractivity contribution in [3.05, 3.63) is 81.8 Å². The number of carbonyl (C=O) groups excluding carboxylic acids is 4. The quantitative estimate of drug-likeness (QED) is 0.160.